The molecule has 1 saturated carbocycles. The van der Waals surface area contributed by atoms with Gasteiger partial charge in [-0.1, -0.05) is 0 Å². The summed E-state index contributed by atoms with van der Waals surface area (Å²) in [5, 5.41) is 0. The third-order valence-corrected chi connectivity index (χ3v) is 3.12. The Kier molecular flexibility index (Phi) is 2.78. The smallest absolute Gasteiger partial charge is 0.338 e. The molecular formula is C11H10BrFO2. The number of benzene rings is 1. The summed E-state index contributed by atoms with van der Waals surface area (Å²) in [6.45, 7) is 0. The number of carbonyl (C=O) groups excluding carboxylic acids is 1. The average molecular weight is 273 g/mol. The first-order valence-corrected chi connectivity index (χ1v) is 5.50. The van der Waals surface area contributed by atoms with Crippen molar-refractivity contribution in [3.05, 3.63) is 33.5 Å². The Hall–Kier alpha value is -0.900. The second kappa shape index (κ2) is 3.93. The van der Waals surface area contributed by atoms with Gasteiger partial charge < -0.3 is 4.74 Å². The number of esters is 1. The van der Waals surface area contributed by atoms with Crippen LogP contribution >= 0.6 is 15.9 Å². The Morgan fingerprint density at radius 3 is 2.73 bits per heavy atom. The van der Waals surface area contributed by atoms with Crippen LogP contribution in [0.3, 0.4) is 0 Å². The summed E-state index contributed by atoms with van der Waals surface area (Å²) in [6.07, 6.45) is 2.12. The Labute approximate surface area is 95.6 Å². The Morgan fingerprint density at radius 2 is 2.20 bits per heavy atom. The van der Waals surface area contributed by atoms with Gasteiger partial charge in [-0.2, -0.15) is 0 Å². The topological polar surface area (TPSA) is 26.3 Å². The van der Waals surface area contributed by atoms with Crippen LogP contribution in [0, 0.1) is 5.82 Å². The fourth-order valence-electron chi connectivity index (χ4n) is 1.58. The van der Waals surface area contributed by atoms with Crippen molar-refractivity contribution in [2.45, 2.75) is 18.8 Å². The van der Waals surface area contributed by atoms with Gasteiger partial charge >= 0.3 is 5.97 Å². The summed E-state index contributed by atoms with van der Waals surface area (Å²) in [5.74, 6) is -0.515. The first-order valence-electron chi connectivity index (χ1n) is 4.70. The van der Waals surface area contributed by atoms with Crippen LogP contribution in [0.5, 0.6) is 0 Å². The van der Waals surface area contributed by atoms with Crippen LogP contribution in [-0.2, 0) is 4.74 Å². The molecule has 2 nitrogen and oxygen atoms in total. The van der Waals surface area contributed by atoms with E-state index in [1.165, 1.54) is 13.2 Å². The predicted molar refractivity (Wildman–Crippen MR) is 57.4 cm³/mol. The lowest BCUT2D eigenvalue weighted by Gasteiger charge is -2.08. The van der Waals surface area contributed by atoms with Crippen LogP contribution in [0.2, 0.25) is 0 Å². The van der Waals surface area contributed by atoms with E-state index in [0.717, 1.165) is 18.4 Å². The maximum Gasteiger partial charge on any atom is 0.338 e. The number of halogens is 2. The van der Waals surface area contributed by atoms with Crippen LogP contribution in [0.15, 0.2) is 16.6 Å². The number of hydrogen-bond donors (Lipinski definition) is 0. The van der Waals surface area contributed by atoms with Crippen molar-refractivity contribution in [3.63, 3.8) is 0 Å². The third kappa shape index (κ3) is 2.04. The molecule has 0 aromatic heterocycles. The lowest BCUT2D eigenvalue weighted by Crippen LogP contribution is -2.06. The van der Waals surface area contributed by atoms with Crippen molar-refractivity contribution in [2.75, 3.05) is 7.11 Å². The van der Waals surface area contributed by atoms with E-state index in [9.17, 15) is 9.18 Å². The monoisotopic (exact) mass is 272 g/mol. The fraction of sp³-hybridized carbons (Fsp3) is 0.364. The van der Waals surface area contributed by atoms with Crippen molar-refractivity contribution < 1.29 is 13.9 Å². The predicted octanol–water partition coefficient (Wildman–Crippen LogP) is 3.25. The second-order valence-electron chi connectivity index (χ2n) is 3.62. The van der Waals surface area contributed by atoms with E-state index in [2.05, 4.69) is 20.7 Å². The first-order chi connectivity index (χ1) is 7.13. The highest BCUT2D eigenvalue weighted by atomic mass is 79.9. The molecule has 1 aliphatic carbocycles. The molecule has 80 valence electrons. The molecule has 0 bridgehead atoms. The number of carbonyl (C=O) groups is 1. The molecule has 0 spiro atoms. The minimum absolute atomic E-state index is 0.348. The lowest BCUT2D eigenvalue weighted by molar-refractivity contribution is 0.0599. The van der Waals surface area contributed by atoms with E-state index in [1.54, 1.807) is 6.07 Å². The van der Waals surface area contributed by atoms with Gasteiger partial charge in [-0.3, -0.25) is 0 Å². The highest BCUT2D eigenvalue weighted by Crippen LogP contribution is 2.43. The molecule has 0 radical (unpaired) electrons. The molecule has 0 atom stereocenters. The molecule has 0 heterocycles. The van der Waals surface area contributed by atoms with Crippen molar-refractivity contribution in [3.8, 4) is 0 Å². The van der Waals surface area contributed by atoms with Gasteiger partial charge in [0, 0.05) is 0 Å². The van der Waals surface area contributed by atoms with Gasteiger partial charge in [0.2, 0.25) is 0 Å². The molecular weight excluding hydrogens is 263 g/mol. The zero-order valence-electron chi connectivity index (χ0n) is 8.22. The summed E-state index contributed by atoms with van der Waals surface area (Å²) >= 11 is 3.12. The van der Waals surface area contributed by atoms with E-state index in [-0.39, 0.29) is 0 Å². The van der Waals surface area contributed by atoms with Gasteiger partial charge in [0.15, 0.2) is 0 Å². The average Bonchev–Trinajstić information content (AvgIpc) is 3.04. The maximum atomic E-state index is 13.3. The minimum Gasteiger partial charge on any atom is -0.465 e. The second-order valence-corrected chi connectivity index (χ2v) is 4.47. The van der Waals surface area contributed by atoms with Crippen molar-refractivity contribution in [1.29, 1.82) is 0 Å². The van der Waals surface area contributed by atoms with E-state index in [0.29, 0.717) is 16.0 Å². The maximum absolute atomic E-state index is 13.3. The minimum atomic E-state index is -0.469. The molecule has 4 heteroatoms. The summed E-state index contributed by atoms with van der Waals surface area (Å²) in [5.41, 5.74) is 1.23. The summed E-state index contributed by atoms with van der Waals surface area (Å²) in [4.78, 5) is 11.4. The van der Waals surface area contributed by atoms with E-state index >= 15 is 0 Å². The van der Waals surface area contributed by atoms with Crippen molar-refractivity contribution >= 4 is 21.9 Å². The molecule has 1 aromatic rings. The molecule has 0 unspecified atom stereocenters. The van der Waals surface area contributed by atoms with Crippen LogP contribution in [0.1, 0.15) is 34.7 Å². The molecule has 1 aromatic carbocycles. The Balaban J connectivity index is 2.49. The van der Waals surface area contributed by atoms with Gasteiger partial charge in [0.25, 0.3) is 0 Å². The molecule has 1 aliphatic rings. The molecule has 0 aliphatic heterocycles. The molecule has 1 fully saturated rings. The van der Waals surface area contributed by atoms with Crippen LogP contribution < -0.4 is 0 Å². The van der Waals surface area contributed by atoms with Crippen LogP contribution in [0.25, 0.3) is 0 Å². The fourth-order valence-corrected chi connectivity index (χ4v) is 1.94. The third-order valence-electron chi connectivity index (χ3n) is 2.51. The zero-order chi connectivity index (χ0) is 11.0. The molecule has 15 heavy (non-hydrogen) atoms. The van der Waals surface area contributed by atoms with Gasteiger partial charge in [-0.15, -0.1) is 0 Å². The zero-order valence-corrected chi connectivity index (χ0v) is 9.80. The number of hydrogen-bond acceptors (Lipinski definition) is 2. The molecule has 0 N–H and O–H groups in total. The van der Waals surface area contributed by atoms with Gasteiger partial charge in [-0.05, 0) is 52.4 Å². The van der Waals surface area contributed by atoms with E-state index < -0.39 is 11.8 Å². The Bertz CT molecular complexity index is 413. The Morgan fingerprint density at radius 1 is 1.53 bits per heavy atom. The summed E-state index contributed by atoms with van der Waals surface area (Å²) in [7, 11) is 1.30. The highest BCUT2D eigenvalue weighted by molar-refractivity contribution is 9.10. The van der Waals surface area contributed by atoms with Gasteiger partial charge in [0.05, 0.1) is 17.1 Å². The highest BCUT2D eigenvalue weighted by Gasteiger charge is 2.29. The SMILES string of the molecule is COC(=O)c1cc(F)c(Br)cc1C1CC1. The molecule has 0 amide bonds. The van der Waals surface area contributed by atoms with Crippen LogP contribution in [-0.4, -0.2) is 13.1 Å². The van der Waals surface area contributed by atoms with Crippen LogP contribution in [0.4, 0.5) is 4.39 Å². The normalized spacial score (nSPS) is 15.1. The molecule has 2 rings (SSSR count). The van der Waals surface area contributed by atoms with Crippen molar-refractivity contribution in [1.82, 2.24) is 0 Å². The number of methoxy groups -OCH3 is 1. The number of rotatable bonds is 2. The van der Waals surface area contributed by atoms with Gasteiger partial charge in [0.1, 0.15) is 5.82 Å². The molecule has 0 saturated heterocycles. The number of ether oxygens (including phenoxy) is 1. The summed E-state index contributed by atoms with van der Waals surface area (Å²) < 4.78 is 18.3. The standard InChI is InChI=1S/C11H10BrFO2/c1-15-11(14)8-5-10(13)9(12)4-7(8)6-2-3-6/h4-6H,2-3H2,1H3. The first kappa shape index (κ1) is 10.6. The summed E-state index contributed by atoms with van der Waals surface area (Å²) in [6, 6.07) is 2.92. The van der Waals surface area contributed by atoms with Gasteiger partial charge in [-0.25, -0.2) is 9.18 Å². The lowest BCUT2D eigenvalue weighted by atomic mass is 10.0. The van der Waals surface area contributed by atoms with E-state index in [1.807, 2.05) is 0 Å². The largest absolute Gasteiger partial charge is 0.465 e. The van der Waals surface area contributed by atoms with Crippen molar-refractivity contribution in [2.24, 2.45) is 0 Å². The van der Waals surface area contributed by atoms with E-state index in [4.69, 9.17) is 0 Å². The quantitative estimate of drug-likeness (QED) is 0.773.